The maximum absolute atomic E-state index is 14.0. The Morgan fingerprint density at radius 1 is 1.05 bits per heavy atom. The van der Waals surface area contributed by atoms with Crippen LogP contribution in [0.4, 0.5) is 4.39 Å². The number of rotatable bonds is 4. The molecule has 0 atom stereocenters. The minimum Gasteiger partial charge on any atom is -0.207 e. The number of halogens is 1. The van der Waals surface area contributed by atoms with Crippen molar-refractivity contribution >= 4 is 0 Å². The second-order valence-electron chi connectivity index (χ2n) is 6.03. The van der Waals surface area contributed by atoms with Crippen LogP contribution in [0.2, 0.25) is 0 Å². The van der Waals surface area contributed by atoms with Crippen molar-refractivity contribution in [2.24, 2.45) is 0 Å². The summed E-state index contributed by atoms with van der Waals surface area (Å²) in [6, 6.07) is 13.6. The van der Waals surface area contributed by atoms with Crippen LogP contribution in [-0.2, 0) is 6.42 Å². The van der Waals surface area contributed by atoms with Crippen molar-refractivity contribution in [1.82, 2.24) is 0 Å². The zero-order chi connectivity index (χ0) is 15.4. The quantitative estimate of drug-likeness (QED) is 0.658. The van der Waals surface area contributed by atoms with Crippen molar-refractivity contribution in [3.63, 3.8) is 0 Å². The Labute approximate surface area is 132 Å². The van der Waals surface area contributed by atoms with Gasteiger partial charge in [0.2, 0.25) is 0 Å². The van der Waals surface area contributed by atoms with Gasteiger partial charge in [-0.15, -0.1) is 0 Å². The van der Waals surface area contributed by atoms with Crippen LogP contribution in [0.15, 0.2) is 42.5 Å². The van der Waals surface area contributed by atoms with E-state index in [9.17, 15) is 4.39 Å². The zero-order valence-electron chi connectivity index (χ0n) is 13.0. The summed E-state index contributed by atoms with van der Waals surface area (Å²) < 4.78 is 14.0. The van der Waals surface area contributed by atoms with Gasteiger partial charge in [-0.25, -0.2) is 4.39 Å². The van der Waals surface area contributed by atoms with Crippen molar-refractivity contribution < 1.29 is 4.39 Å². The van der Waals surface area contributed by atoms with Gasteiger partial charge in [0.25, 0.3) is 0 Å². The number of hydrogen-bond acceptors (Lipinski definition) is 0. The number of hydrogen-bond donors (Lipinski definition) is 0. The molecule has 22 heavy (non-hydrogen) atoms. The lowest BCUT2D eigenvalue weighted by atomic mass is 10.0. The van der Waals surface area contributed by atoms with Crippen LogP contribution >= 0.6 is 0 Å². The predicted molar refractivity (Wildman–Crippen MR) is 89.4 cm³/mol. The minimum atomic E-state index is -0.107. The highest BCUT2D eigenvalue weighted by Crippen LogP contribution is 2.42. The maximum atomic E-state index is 14.0. The summed E-state index contributed by atoms with van der Waals surface area (Å²) in [7, 11) is 0. The van der Waals surface area contributed by atoms with Gasteiger partial charge in [0.15, 0.2) is 0 Å². The molecule has 1 heteroatoms. The summed E-state index contributed by atoms with van der Waals surface area (Å²) in [4.78, 5) is 0. The van der Waals surface area contributed by atoms with E-state index in [1.807, 2.05) is 6.07 Å². The third-order valence-corrected chi connectivity index (χ3v) is 4.15. The molecule has 0 saturated heterocycles. The molecule has 1 aliphatic rings. The molecule has 3 rings (SSSR count). The van der Waals surface area contributed by atoms with E-state index in [1.165, 1.54) is 18.4 Å². The average molecular weight is 292 g/mol. The van der Waals surface area contributed by atoms with Crippen LogP contribution in [0.25, 0.3) is 0 Å². The molecule has 0 radical (unpaired) electrons. The molecule has 0 bridgehead atoms. The van der Waals surface area contributed by atoms with E-state index in [0.29, 0.717) is 5.92 Å². The Bertz CT molecular complexity index is 697. The molecule has 0 aromatic heterocycles. The fraction of sp³-hybridized carbons (Fsp3) is 0.333. The normalized spacial score (nSPS) is 13.5. The van der Waals surface area contributed by atoms with E-state index in [2.05, 4.69) is 43.0 Å². The number of unbranched alkanes of at least 4 members (excludes halogenated alkanes) is 1. The van der Waals surface area contributed by atoms with Crippen molar-refractivity contribution in [3.05, 3.63) is 70.5 Å². The second kappa shape index (κ2) is 6.79. The van der Waals surface area contributed by atoms with Crippen LogP contribution in [0, 0.1) is 17.7 Å². The van der Waals surface area contributed by atoms with Gasteiger partial charge in [-0.2, -0.15) is 0 Å². The Kier molecular flexibility index (Phi) is 4.59. The Morgan fingerprint density at radius 3 is 2.50 bits per heavy atom. The summed E-state index contributed by atoms with van der Waals surface area (Å²) in [6.07, 6.45) is 5.73. The molecule has 1 saturated carbocycles. The molecule has 2 aromatic carbocycles. The van der Waals surface area contributed by atoms with Gasteiger partial charge in [-0.05, 0) is 61.4 Å². The third kappa shape index (κ3) is 3.57. The van der Waals surface area contributed by atoms with Crippen LogP contribution in [0.1, 0.15) is 60.8 Å². The van der Waals surface area contributed by atoms with Gasteiger partial charge >= 0.3 is 0 Å². The topological polar surface area (TPSA) is 0 Å². The van der Waals surface area contributed by atoms with E-state index >= 15 is 0 Å². The van der Waals surface area contributed by atoms with Crippen molar-refractivity contribution in [2.45, 2.75) is 44.9 Å². The first-order valence-corrected chi connectivity index (χ1v) is 8.17. The van der Waals surface area contributed by atoms with Crippen molar-refractivity contribution in [2.75, 3.05) is 0 Å². The van der Waals surface area contributed by atoms with Gasteiger partial charge in [0.05, 0.1) is 0 Å². The highest BCUT2D eigenvalue weighted by Gasteiger charge is 2.28. The van der Waals surface area contributed by atoms with Crippen LogP contribution in [0.5, 0.6) is 0 Å². The molecule has 0 spiro atoms. The SMILES string of the molecule is CCCCc1ccc(C#Cc2cccc(F)c2C2CC2)cc1. The van der Waals surface area contributed by atoms with Gasteiger partial charge in [0.1, 0.15) is 5.82 Å². The van der Waals surface area contributed by atoms with E-state index in [-0.39, 0.29) is 5.82 Å². The first kappa shape index (κ1) is 14.9. The monoisotopic (exact) mass is 292 g/mol. The first-order valence-electron chi connectivity index (χ1n) is 8.17. The summed E-state index contributed by atoms with van der Waals surface area (Å²) in [6.45, 7) is 2.20. The molecule has 1 fully saturated rings. The lowest BCUT2D eigenvalue weighted by molar-refractivity contribution is 0.610. The molecular formula is C21H21F. The third-order valence-electron chi connectivity index (χ3n) is 4.15. The molecule has 0 N–H and O–H groups in total. The van der Waals surface area contributed by atoms with Gasteiger partial charge < -0.3 is 0 Å². The molecule has 1 aliphatic carbocycles. The van der Waals surface area contributed by atoms with Crippen LogP contribution < -0.4 is 0 Å². The minimum absolute atomic E-state index is 0.107. The molecule has 0 unspecified atom stereocenters. The summed E-state index contributed by atoms with van der Waals surface area (Å²) in [5.41, 5.74) is 4.01. The summed E-state index contributed by atoms with van der Waals surface area (Å²) in [5, 5.41) is 0. The lowest BCUT2D eigenvalue weighted by Gasteiger charge is -2.03. The standard InChI is InChI=1S/C21H21F/c1-2-3-5-16-8-10-17(11-9-16)12-13-18-6-4-7-20(22)21(18)19-14-15-19/h4,6-11,19H,2-3,5,14-15H2,1H3. The molecule has 2 aromatic rings. The van der Waals surface area contributed by atoms with E-state index in [4.69, 9.17) is 0 Å². The highest BCUT2D eigenvalue weighted by molar-refractivity contribution is 5.49. The average Bonchev–Trinajstić information content (AvgIpc) is 3.36. The molecule has 0 aliphatic heterocycles. The van der Waals surface area contributed by atoms with Gasteiger partial charge in [-0.1, -0.05) is 43.4 Å². The van der Waals surface area contributed by atoms with Crippen LogP contribution in [-0.4, -0.2) is 0 Å². The van der Waals surface area contributed by atoms with Gasteiger partial charge in [0, 0.05) is 16.7 Å². The maximum Gasteiger partial charge on any atom is 0.127 e. The summed E-state index contributed by atoms with van der Waals surface area (Å²) >= 11 is 0. The predicted octanol–water partition coefficient (Wildman–Crippen LogP) is 5.45. The molecule has 0 amide bonds. The molecule has 112 valence electrons. The smallest absolute Gasteiger partial charge is 0.127 e. The fourth-order valence-corrected chi connectivity index (χ4v) is 2.71. The first-order chi connectivity index (χ1) is 10.8. The van der Waals surface area contributed by atoms with Crippen molar-refractivity contribution in [3.8, 4) is 11.8 Å². The fourth-order valence-electron chi connectivity index (χ4n) is 2.71. The zero-order valence-corrected chi connectivity index (χ0v) is 13.0. The molecule has 0 nitrogen and oxygen atoms in total. The Balaban J connectivity index is 1.79. The van der Waals surface area contributed by atoms with Crippen molar-refractivity contribution in [1.29, 1.82) is 0 Å². The van der Waals surface area contributed by atoms with Crippen LogP contribution in [0.3, 0.4) is 0 Å². The van der Waals surface area contributed by atoms with Gasteiger partial charge in [-0.3, -0.25) is 0 Å². The van der Waals surface area contributed by atoms with E-state index in [1.54, 1.807) is 12.1 Å². The number of benzene rings is 2. The Hall–Kier alpha value is -2.07. The largest absolute Gasteiger partial charge is 0.207 e. The van der Waals surface area contributed by atoms with E-state index in [0.717, 1.165) is 36.0 Å². The molecular weight excluding hydrogens is 271 g/mol. The summed E-state index contributed by atoms with van der Waals surface area (Å²) in [5.74, 6) is 6.61. The second-order valence-corrected chi connectivity index (χ2v) is 6.03. The van der Waals surface area contributed by atoms with E-state index < -0.39 is 0 Å². The highest BCUT2D eigenvalue weighted by atomic mass is 19.1. The molecule has 0 heterocycles. The Morgan fingerprint density at radius 2 is 1.82 bits per heavy atom. The number of aryl methyl sites for hydroxylation is 1. The lowest BCUT2D eigenvalue weighted by Crippen LogP contribution is -1.92.